The van der Waals surface area contributed by atoms with Crippen molar-refractivity contribution >= 4 is 23.4 Å². The van der Waals surface area contributed by atoms with Crippen LogP contribution in [0.5, 0.6) is 6.01 Å². The number of hydrogen-bond donors (Lipinski definition) is 1. The quantitative estimate of drug-likeness (QED) is 0.839. The molecule has 0 bridgehead atoms. The average Bonchev–Trinajstić information content (AvgIpc) is 2.61. The first-order valence-corrected chi connectivity index (χ1v) is 7.25. The molecule has 0 unspecified atom stereocenters. The third-order valence-electron chi connectivity index (χ3n) is 3.81. The summed E-state index contributed by atoms with van der Waals surface area (Å²) in [6, 6.07) is 6.75. The molecule has 0 radical (unpaired) electrons. The summed E-state index contributed by atoms with van der Waals surface area (Å²) < 4.78 is 9.65. The van der Waals surface area contributed by atoms with Crippen LogP contribution in [0.3, 0.4) is 0 Å². The molecule has 0 fully saturated rings. The highest BCUT2D eigenvalue weighted by Crippen LogP contribution is 2.27. The molecular formula is C16H16N4O4. The van der Waals surface area contributed by atoms with Crippen LogP contribution in [0.2, 0.25) is 0 Å². The maximum Gasteiger partial charge on any atom is 0.337 e. The molecular weight excluding hydrogens is 312 g/mol. The van der Waals surface area contributed by atoms with Crippen molar-refractivity contribution in [2.75, 3.05) is 31.4 Å². The number of rotatable bonds is 3. The third kappa shape index (κ3) is 2.62. The number of anilines is 2. The topological polar surface area (TPSA) is 108 Å². The number of hydrogen-bond acceptors (Lipinski definition) is 7. The van der Waals surface area contributed by atoms with Gasteiger partial charge in [0, 0.05) is 18.7 Å². The maximum absolute atomic E-state index is 12.7. The molecule has 1 aliphatic rings. The van der Waals surface area contributed by atoms with Crippen molar-refractivity contribution in [3.05, 3.63) is 41.1 Å². The van der Waals surface area contributed by atoms with Gasteiger partial charge in [0.05, 0.1) is 25.5 Å². The Morgan fingerprint density at radius 2 is 1.92 bits per heavy atom. The van der Waals surface area contributed by atoms with E-state index in [0.717, 1.165) is 0 Å². The highest BCUT2D eigenvalue weighted by Gasteiger charge is 2.30. The lowest BCUT2D eigenvalue weighted by molar-refractivity contribution is 0.0600. The second kappa shape index (κ2) is 6.15. The summed E-state index contributed by atoms with van der Waals surface area (Å²) in [5, 5.41) is 0. The summed E-state index contributed by atoms with van der Waals surface area (Å²) in [5.74, 6) is -0.610. The zero-order valence-corrected chi connectivity index (χ0v) is 13.3. The van der Waals surface area contributed by atoms with Gasteiger partial charge in [-0.15, -0.1) is 0 Å². The van der Waals surface area contributed by atoms with E-state index in [1.165, 1.54) is 14.2 Å². The molecule has 1 aliphatic heterocycles. The first-order chi connectivity index (χ1) is 11.5. The van der Waals surface area contributed by atoms with Crippen molar-refractivity contribution in [2.24, 2.45) is 0 Å². The number of aromatic nitrogens is 2. The molecule has 8 nitrogen and oxygen atoms in total. The number of benzene rings is 1. The van der Waals surface area contributed by atoms with Crippen LogP contribution < -0.4 is 15.4 Å². The standard InChI is InChI=1S/C16H16N4O4/c1-23-15(22)9-3-5-10(6-4-9)20-8-7-11-12(14(20)21)13(17)19-16(18-11)24-2/h3-6H,7-8H2,1-2H3,(H2,17,18,19). The summed E-state index contributed by atoms with van der Waals surface area (Å²) in [6.07, 6.45) is 0.531. The van der Waals surface area contributed by atoms with Gasteiger partial charge in [0.2, 0.25) is 0 Å². The van der Waals surface area contributed by atoms with Gasteiger partial charge < -0.3 is 20.1 Å². The molecule has 2 N–H and O–H groups in total. The number of esters is 1. The van der Waals surface area contributed by atoms with Crippen LogP contribution >= 0.6 is 0 Å². The first-order valence-electron chi connectivity index (χ1n) is 7.25. The Bertz CT molecular complexity index is 804. The molecule has 24 heavy (non-hydrogen) atoms. The Morgan fingerprint density at radius 1 is 1.21 bits per heavy atom. The molecule has 2 heterocycles. The molecule has 0 spiro atoms. The fourth-order valence-corrected chi connectivity index (χ4v) is 2.60. The summed E-state index contributed by atoms with van der Waals surface area (Å²) >= 11 is 0. The van der Waals surface area contributed by atoms with Gasteiger partial charge in [-0.2, -0.15) is 9.97 Å². The summed E-state index contributed by atoms with van der Waals surface area (Å²) in [7, 11) is 2.76. The van der Waals surface area contributed by atoms with E-state index < -0.39 is 5.97 Å². The number of methoxy groups -OCH3 is 2. The van der Waals surface area contributed by atoms with E-state index in [2.05, 4.69) is 14.7 Å². The lowest BCUT2D eigenvalue weighted by Crippen LogP contribution is -2.39. The van der Waals surface area contributed by atoms with Crippen molar-refractivity contribution in [3.63, 3.8) is 0 Å². The minimum Gasteiger partial charge on any atom is -0.467 e. The fourth-order valence-electron chi connectivity index (χ4n) is 2.60. The summed E-state index contributed by atoms with van der Waals surface area (Å²) in [4.78, 5) is 34.0. The van der Waals surface area contributed by atoms with E-state index in [4.69, 9.17) is 10.5 Å². The minimum absolute atomic E-state index is 0.0951. The van der Waals surface area contributed by atoms with Crippen LogP contribution in [-0.2, 0) is 11.2 Å². The second-order valence-electron chi connectivity index (χ2n) is 5.16. The molecule has 3 rings (SSSR count). The fraction of sp³-hybridized carbons (Fsp3) is 0.250. The average molecular weight is 328 g/mol. The zero-order chi connectivity index (χ0) is 17.3. The predicted molar refractivity (Wildman–Crippen MR) is 86.2 cm³/mol. The molecule has 1 aromatic carbocycles. The van der Waals surface area contributed by atoms with Gasteiger partial charge in [0.15, 0.2) is 0 Å². The molecule has 0 aliphatic carbocycles. The molecule has 2 aromatic rings. The van der Waals surface area contributed by atoms with E-state index in [0.29, 0.717) is 35.5 Å². The van der Waals surface area contributed by atoms with Crippen LogP contribution in [0, 0.1) is 0 Å². The molecule has 0 saturated heterocycles. The maximum atomic E-state index is 12.7. The van der Waals surface area contributed by atoms with E-state index in [1.807, 2.05) is 0 Å². The van der Waals surface area contributed by atoms with Crippen molar-refractivity contribution in [2.45, 2.75) is 6.42 Å². The number of nitrogen functional groups attached to an aromatic ring is 1. The van der Waals surface area contributed by atoms with E-state index in [9.17, 15) is 9.59 Å². The Morgan fingerprint density at radius 3 is 2.54 bits per heavy atom. The first kappa shape index (κ1) is 15.7. The SMILES string of the molecule is COC(=O)c1ccc(N2CCc3nc(OC)nc(N)c3C2=O)cc1. The summed E-state index contributed by atoms with van der Waals surface area (Å²) in [5.41, 5.74) is 7.83. The smallest absolute Gasteiger partial charge is 0.337 e. The lowest BCUT2D eigenvalue weighted by atomic mass is 10.0. The number of carbonyl (C=O) groups excluding carboxylic acids is 2. The Labute approximate surface area is 138 Å². The predicted octanol–water partition coefficient (Wildman–Crippen LogP) is 1.06. The van der Waals surface area contributed by atoms with Gasteiger partial charge in [0.1, 0.15) is 11.4 Å². The highest BCUT2D eigenvalue weighted by atomic mass is 16.5. The van der Waals surface area contributed by atoms with Gasteiger partial charge in [-0.3, -0.25) is 4.79 Å². The molecule has 124 valence electrons. The van der Waals surface area contributed by atoms with Crippen molar-refractivity contribution in [3.8, 4) is 6.01 Å². The molecule has 1 amide bonds. The van der Waals surface area contributed by atoms with Crippen molar-refractivity contribution in [1.82, 2.24) is 9.97 Å². The monoisotopic (exact) mass is 328 g/mol. The van der Waals surface area contributed by atoms with Gasteiger partial charge in [-0.25, -0.2) is 4.79 Å². The molecule has 0 atom stereocenters. The van der Waals surface area contributed by atoms with Crippen LogP contribution in [0.15, 0.2) is 24.3 Å². The summed E-state index contributed by atoms with van der Waals surface area (Å²) in [6.45, 7) is 0.447. The van der Waals surface area contributed by atoms with E-state index in [-0.39, 0.29) is 17.7 Å². The van der Waals surface area contributed by atoms with Gasteiger partial charge in [0.25, 0.3) is 5.91 Å². The Balaban J connectivity index is 1.92. The van der Waals surface area contributed by atoms with Crippen molar-refractivity contribution in [1.29, 1.82) is 0 Å². The normalized spacial score (nSPS) is 13.4. The van der Waals surface area contributed by atoms with E-state index in [1.54, 1.807) is 29.2 Å². The van der Waals surface area contributed by atoms with Crippen LogP contribution in [0.4, 0.5) is 11.5 Å². The van der Waals surface area contributed by atoms with Gasteiger partial charge in [-0.05, 0) is 24.3 Å². The highest BCUT2D eigenvalue weighted by molar-refractivity contribution is 6.10. The lowest BCUT2D eigenvalue weighted by Gasteiger charge is -2.28. The number of carbonyl (C=O) groups is 2. The largest absolute Gasteiger partial charge is 0.467 e. The number of ether oxygens (including phenoxy) is 2. The third-order valence-corrected chi connectivity index (χ3v) is 3.81. The van der Waals surface area contributed by atoms with Gasteiger partial charge >= 0.3 is 12.0 Å². The van der Waals surface area contributed by atoms with Crippen LogP contribution in [0.25, 0.3) is 0 Å². The van der Waals surface area contributed by atoms with Crippen LogP contribution in [-0.4, -0.2) is 42.6 Å². The number of fused-ring (bicyclic) bond motifs is 1. The Kier molecular flexibility index (Phi) is 4.03. The minimum atomic E-state index is -0.429. The molecule has 0 saturated carbocycles. The van der Waals surface area contributed by atoms with E-state index >= 15 is 0 Å². The number of nitrogens with two attached hydrogens (primary N) is 1. The second-order valence-corrected chi connectivity index (χ2v) is 5.16. The Hall–Kier alpha value is -3.16. The number of nitrogens with zero attached hydrogens (tertiary/aromatic N) is 3. The number of amides is 1. The van der Waals surface area contributed by atoms with Crippen LogP contribution in [0.1, 0.15) is 26.4 Å². The van der Waals surface area contributed by atoms with Crippen molar-refractivity contribution < 1.29 is 19.1 Å². The molecule has 8 heteroatoms. The zero-order valence-electron chi connectivity index (χ0n) is 13.3. The van der Waals surface area contributed by atoms with Gasteiger partial charge in [-0.1, -0.05) is 0 Å². The molecule has 1 aromatic heterocycles.